The number of rotatable bonds is 7. The van der Waals surface area contributed by atoms with Crippen molar-refractivity contribution in [3.8, 4) is 0 Å². The molecular formula is C17H22FN4O4+. The predicted octanol–water partition coefficient (Wildman–Crippen LogP) is -0.591. The van der Waals surface area contributed by atoms with Crippen molar-refractivity contribution in [2.75, 3.05) is 38.6 Å². The van der Waals surface area contributed by atoms with Crippen LogP contribution >= 0.6 is 0 Å². The molecule has 3 amide bonds. The summed E-state index contributed by atoms with van der Waals surface area (Å²) in [6, 6.07) is 5.05. The van der Waals surface area contributed by atoms with Crippen LogP contribution < -0.4 is 20.9 Å². The molecule has 1 heterocycles. The molecule has 0 spiro atoms. The lowest BCUT2D eigenvalue weighted by Gasteiger charge is -2.23. The maximum Gasteiger partial charge on any atom is 0.337 e. The van der Waals surface area contributed by atoms with Crippen LogP contribution in [0.4, 0.5) is 14.9 Å². The van der Waals surface area contributed by atoms with Gasteiger partial charge in [0.1, 0.15) is 12.4 Å². The Kier molecular flexibility index (Phi) is 6.67. The summed E-state index contributed by atoms with van der Waals surface area (Å²) < 4.78 is 17.9. The Labute approximate surface area is 150 Å². The molecule has 1 aliphatic heterocycles. The smallest absolute Gasteiger partial charge is 0.337 e. The third-order valence-electron chi connectivity index (χ3n) is 3.65. The molecule has 1 atom stereocenters. The fourth-order valence-corrected chi connectivity index (χ4v) is 2.47. The highest BCUT2D eigenvalue weighted by molar-refractivity contribution is 5.94. The van der Waals surface area contributed by atoms with Gasteiger partial charge in [0.2, 0.25) is 0 Å². The summed E-state index contributed by atoms with van der Waals surface area (Å²) in [5, 5.41) is 7.79. The Morgan fingerprint density at radius 3 is 2.65 bits per heavy atom. The van der Waals surface area contributed by atoms with E-state index >= 15 is 0 Å². The summed E-state index contributed by atoms with van der Waals surface area (Å²) in [5.74, 6) is -1.16. The molecule has 0 fully saturated rings. The number of ether oxygens (including phenoxy) is 1. The molecule has 2 rings (SSSR count). The van der Waals surface area contributed by atoms with Crippen LogP contribution in [0.2, 0.25) is 0 Å². The van der Waals surface area contributed by atoms with Gasteiger partial charge in [-0.15, -0.1) is 0 Å². The highest BCUT2D eigenvalue weighted by Crippen LogP contribution is 2.08. The molecule has 0 saturated carbocycles. The Morgan fingerprint density at radius 1 is 1.31 bits per heavy atom. The summed E-state index contributed by atoms with van der Waals surface area (Å²) in [6.45, 7) is 2.37. The lowest BCUT2D eigenvalue weighted by atomic mass is 10.1. The van der Waals surface area contributed by atoms with E-state index in [1.807, 2.05) is 0 Å². The summed E-state index contributed by atoms with van der Waals surface area (Å²) in [7, 11) is 1.76. The number of nitrogens with one attached hydrogen (secondary N) is 4. The lowest BCUT2D eigenvalue weighted by molar-refractivity contribution is -0.866. The summed E-state index contributed by atoms with van der Waals surface area (Å²) >= 11 is 0. The standard InChI is InChI=1S/C17H21FN4O4/c1-3-26-16(24)13-8-19-17(25)21-14(13)9-22(2)10-15(23)20-12-6-4-11(18)5-7-12/h4-7H,3,8-10H2,1-2H3,(H,20,23)(H2,19,21,25)/p+1. The van der Waals surface area contributed by atoms with Crippen LogP contribution in [0.15, 0.2) is 35.5 Å². The largest absolute Gasteiger partial charge is 0.463 e. The van der Waals surface area contributed by atoms with E-state index in [-0.39, 0.29) is 38.0 Å². The molecule has 4 N–H and O–H groups in total. The number of anilines is 1. The number of halogens is 1. The summed E-state index contributed by atoms with van der Waals surface area (Å²) in [4.78, 5) is 36.4. The zero-order valence-electron chi connectivity index (χ0n) is 14.6. The quantitative estimate of drug-likeness (QED) is 0.485. The molecule has 8 nitrogen and oxygen atoms in total. The second-order valence-corrected chi connectivity index (χ2v) is 5.85. The molecule has 0 aromatic heterocycles. The molecule has 0 radical (unpaired) electrons. The number of hydrogen-bond donors (Lipinski definition) is 4. The van der Waals surface area contributed by atoms with Gasteiger partial charge in [0.05, 0.1) is 31.5 Å². The van der Waals surface area contributed by atoms with E-state index < -0.39 is 12.0 Å². The van der Waals surface area contributed by atoms with E-state index in [1.54, 1.807) is 14.0 Å². The topological polar surface area (TPSA) is 101 Å². The number of urea groups is 1. The van der Waals surface area contributed by atoms with E-state index in [4.69, 9.17) is 4.74 Å². The second-order valence-electron chi connectivity index (χ2n) is 5.85. The fraction of sp³-hybridized carbons (Fsp3) is 0.353. The fourth-order valence-electron chi connectivity index (χ4n) is 2.47. The monoisotopic (exact) mass is 365 g/mol. The van der Waals surface area contributed by atoms with E-state index in [0.717, 1.165) is 4.90 Å². The van der Waals surface area contributed by atoms with Gasteiger partial charge in [-0.1, -0.05) is 0 Å². The van der Waals surface area contributed by atoms with Crippen molar-refractivity contribution in [1.82, 2.24) is 10.6 Å². The van der Waals surface area contributed by atoms with Gasteiger partial charge in [-0.3, -0.25) is 4.79 Å². The minimum absolute atomic E-state index is 0.0784. The number of carbonyl (C=O) groups is 3. The minimum Gasteiger partial charge on any atom is -0.463 e. The van der Waals surface area contributed by atoms with Gasteiger partial charge in [0.15, 0.2) is 6.54 Å². The Bertz CT molecular complexity index is 718. The first-order valence-corrected chi connectivity index (χ1v) is 8.19. The lowest BCUT2D eigenvalue weighted by Crippen LogP contribution is -3.10. The maximum absolute atomic E-state index is 12.9. The first kappa shape index (κ1) is 19.4. The number of quaternary nitrogens is 1. The van der Waals surface area contributed by atoms with Crippen molar-refractivity contribution >= 4 is 23.6 Å². The summed E-state index contributed by atoms with van der Waals surface area (Å²) in [6.07, 6.45) is 0. The van der Waals surface area contributed by atoms with Crippen molar-refractivity contribution in [2.45, 2.75) is 6.92 Å². The van der Waals surface area contributed by atoms with E-state index in [0.29, 0.717) is 17.0 Å². The Hall–Kier alpha value is -2.94. The molecule has 9 heteroatoms. The zero-order valence-corrected chi connectivity index (χ0v) is 14.6. The van der Waals surface area contributed by atoms with Gasteiger partial charge in [-0.25, -0.2) is 14.0 Å². The van der Waals surface area contributed by atoms with E-state index in [1.165, 1.54) is 24.3 Å². The van der Waals surface area contributed by atoms with Gasteiger partial charge in [0.25, 0.3) is 5.91 Å². The van der Waals surface area contributed by atoms with Crippen LogP contribution in [0, 0.1) is 5.82 Å². The molecular weight excluding hydrogens is 343 g/mol. The maximum atomic E-state index is 12.9. The average molecular weight is 365 g/mol. The predicted molar refractivity (Wildman–Crippen MR) is 91.8 cm³/mol. The average Bonchev–Trinajstić information content (AvgIpc) is 2.57. The zero-order chi connectivity index (χ0) is 19.1. The van der Waals surface area contributed by atoms with Crippen molar-refractivity contribution in [1.29, 1.82) is 0 Å². The first-order valence-electron chi connectivity index (χ1n) is 8.19. The SMILES string of the molecule is CCOC(=O)C1=C(C[NH+](C)CC(=O)Nc2ccc(F)cc2)NC(=O)NC1. The molecule has 0 aliphatic carbocycles. The Morgan fingerprint density at radius 2 is 2.00 bits per heavy atom. The van der Waals surface area contributed by atoms with E-state index in [9.17, 15) is 18.8 Å². The van der Waals surface area contributed by atoms with Gasteiger partial charge in [-0.2, -0.15) is 0 Å². The van der Waals surface area contributed by atoms with Crippen LogP contribution in [0.25, 0.3) is 0 Å². The number of benzene rings is 1. The molecule has 1 aromatic rings. The third-order valence-corrected chi connectivity index (χ3v) is 3.65. The number of likely N-dealkylation sites (N-methyl/N-ethyl adjacent to an activating group) is 1. The molecule has 26 heavy (non-hydrogen) atoms. The van der Waals surface area contributed by atoms with Crippen LogP contribution in [-0.2, 0) is 14.3 Å². The first-order chi connectivity index (χ1) is 12.4. The van der Waals surface area contributed by atoms with Crippen LogP contribution in [0.5, 0.6) is 0 Å². The molecule has 0 bridgehead atoms. The number of carbonyl (C=O) groups excluding carboxylic acids is 3. The van der Waals surface area contributed by atoms with Gasteiger partial charge in [-0.05, 0) is 31.2 Å². The normalized spacial score (nSPS) is 15.0. The minimum atomic E-state index is -0.501. The molecule has 1 unspecified atom stereocenters. The van der Waals surface area contributed by atoms with Crippen LogP contribution in [0.1, 0.15) is 6.92 Å². The van der Waals surface area contributed by atoms with Crippen LogP contribution in [0.3, 0.4) is 0 Å². The van der Waals surface area contributed by atoms with Crippen LogP contribution in [-0.4, -0.2) is 51.2 Å². The highest BCUT2D eigenvalue weighted by atomic mass is 19.1. The van der Waals surface area contributed by atoms with Crippen molar-refractivity contribution in [3.63, 3.8) is 0 Å². The number of amides is 3. The second kappa shape index (κ2) is 8.95. The Balaban J connectivity index is 1.98. The van der Waals surface area contributed by atoms with Gasteiger partial charge in [0, 0.05) is 5.69 Å². The van der Waals surface area contributed by atoms with Crippen molar-refractivity contribution in [3.05, 3.63) is 41.4 Å². The number of hydrogen-bond acceptors (Lipinski definition) is 4. The molecule has 140 valence electrons. The summed E-state index contributed by atoms with van der Waals surface area (Å²) in [5.41, 5.74) is 1.26. The van der Waals surface area contributed by atoms with Gasteiger partial charge < -0.3 is 25.6 Å². The molecule has 1 aromatic carbocycles. The molecule has 1 aliphatic rings. The van der Waals surface area contributed by atoms with Crippen molar-refractivity contribution < 1.29 is 28.4 Å². The van der Waals surface area contributed by atoms with Gasteiger partial charge >= 0.3 is 12.0 Å². The third kappa shape index (κ3) is 5.55. The molecule has 0 saturated heterocycles. The number of esters is 1. The highest BCUT2D eigenvalue weighted by Gasteiger charge is 2.26. The van der Waals surface area contributed by atoms with Crippen molar-refractivity contribution in [2.24, 2.45) is 0 Å². The van der Waals surface area contributed by atoms with E-state index in [2.05, 4.69) is 16.0 Å².